The Bertz CT molecular complexity index is 1160. The zero-order valence-electron chi connectivity index (χ0n) is 20.3. The second-order valence-corrected chi connectivity index (χ2v) is 11.2. The van der Waals surface area contributed by atoms with E-state index in [0.717, 1.165) is 61.8 Å². The Morgan fingerprint density at radius 1 is 1.06 bits per heavy atom. The summed E-state index contributed by atoms with van der Waals surface area (Å²) >= 11 is 0. The number of benzene rings is 1. The Kier molecular flexibility index (Phi) is 5.89. The van der Waals surface area contributed by atoms with E-state index in [-0.39, 0.29) is 11.7 Å². The summed E-state index contributed by atoms with van der Waals surface area (Å²) in [6, 6.07) is 13.1. The lowest BCUT2D eigenvalue weighted by Gasteiger charge is -2.45. The van der Waals surface area contributed by atoms with Gasteiger partial charge in [0.1, 0.15) is 17.3 Å². The number of allylic oxidation sites excluding steroid dienone is 4. The largest absolute Gasteiger partial charge is 0.368 e. The number of nitrogens with zero attached hydrogens (tertiary/aromatic N) is 3. The van der Waals surface area contributed by atoms with Crippen molar-refractivity contribution < 1.29 is 9.13 Å². The lowest BCUT2D eigenvalue weighted by molar-refractivity contribution is -0.102. The first kappa shape index (κ1) is 22.7. The van der Waals surface area contributed by atoms with Crippen molar-refractivity contribution in [3.63, 3.8) is 0 Å². The lowest BCUT2D eigenvalue weighted by Crippen LogP contribution is -2.42. The van der Waals surface area contributed by atoms with Crippen molar-refractivity contribution in [2.75, 3.05) is 6.61 Å². The van der Waals surface area contributed by atoms with Crippen molar-refractivity contribution >= 4 is 0 Å². The molecule has 0 spiro atoms. The summed E-state index contributed by atoms with van der Waals surface area (Å²) in [7, 11) is 0. The number of nitriles is 1. The van der Waals surface area contributed by atoms with Crippen LogP contribution in [0.4, 0.5) is 4.39 Å². The Hall–Kier alpha value is -2.71. The molecule has 1 heterocycles. The first-order valence-corrected chi connectivity index (χ1v) is 13.3. The third-order valence-electron chi connectivity index (χ3n) is 8.66. The van der Waals surface area contributed by atoms with Gasteiger partial charge in [-0.2, -0.15) is 5.26 Å². The Labute approximate surface area is 207 Å². The smallest absolute Gasteiger partial charge is 0.140 e. The summed E-state index contributed by atoms with van der Waals surface area (Å²) < 4.78 is 22.7. The van der Waals surface area contributed by atoms with E-state index in [9.17, 15) is 9.65 Å². The second-order valence-electron chi connectivity index (χ2n) is 11.2. The molecule has 1 atom stereocenters. The maximum Gasteiger partial charge on any atom is 0.140 e. The fraction of sp³-hybridized carbons (Fsp3) is 0.533. The van der Waals surface area contributed by atoms with Crippen molar-refractivity contribution in [1.29, 1.82) is 5.26 Å². The number of hydrogen-bond donors (Lipinski definition) is 0. The van der Waals surface area contributed by atoms with E-state index in [2.05, 4.69) is 41.1 Å². The predicted octanol–water partition coefficient (Wildman–Crippen LogP) is 7.10. The highest BCUT2D eigenvalue weighted by Gasteiger charge is 2.49. The molecule has 0 bridgehead atoms. The molecule has 1 aromatic heterocycles. The molecule has 0 amide bonds. The highest BCUT2D eigenvalue weighted by molar-refractivity contribution is 5.56. The van der Waals surface area contributed by atoms with Gasteiger partial charge in [-0.15, -0.1) is 0 Å². The van der Waals surface area contributed by atoms with Crippen LogP contribution in [0, 0.1) is 34.5 Å². The summed E-state index contributed by atoms with van der Waals surface area (Å²) in [5.74, 6) is 2.29. The van der Waals surface area contributed by atoms with Gasteiger partial charge < -0.3 is 9.30 Å². The zero-order valence-corrected chi connectivity index (χ0v) is 20.3. The standard InChI is InChI=1S/C30H34FN3O/c31-26-12-10-25(11-13-26)29(21-32)14-16-30(17-15-29,35-20-23-8-9-23)27-19-34(18-22-6-7-22)28(33-27)24-4-2-1-3-5-24/h1-5,10,12-13,19,22-23,25H,6-9,11,14-18,20H2. The molecule has 0 N–H and O–H groups in total. The van der Waals surface area contributed by atoms with E-state index < -0.39 is 11.0 Å². The summed E-state index contributed by atoms with van der Waals surface area (Å²) in [5.41, 5.74) is 1.23. The molecule has 5 heteroatoms. The van der Waals surface area contributed by atoms with E-state index in [4.69, 9.17) is 9.72 Å². The maximum absolute atomic E-state index is 13.6. The number of hydrogen-bond acceptors (Lipinski definition) is 3. The number of ether oxygens (including phenoxy) is 1. The molecule has 3 saturated carbocycles. The maximum atomic E-state index is 13.6. The third-order valence-corrected chi connectivity index (χ3v) is 8.66. The summed E-state index contributed by atoms with van der Waals surface area (Å²) in [6.45, 7) is 1.77. The van der Waals surface area contributed by atoms with E-state index in [1.54, 1.807) is 6.08 Å². The number of halogens is 1. The molecule has 3 fully saturated rings. The van der Waals surface area contributed by atoms with Gasteiger partial charge in [0.05, 0.1) is 23.8 Å². The topological polar surface area (TPSA) is 50.8 Å². The van der Waals surface area contributed by atoms with Gasteiger partial charge in [0.15, 0.2) is 0 Å². The molecular weight excluding hydrogens is 437 g/mol. The minimum absolute atomic E-state index is 0.0562. The van der Waals surface area contributed by atoms with Gasteiger partial charge in [0.25, 0.3) is 0 Å². The molecule has 4 aliphatic carbocycles. The fourth-order valence-electron chi connectivity index (χ4n) is 5.88. The molecule has 182 valence electrons. The van der Waals surface area contributed by atoms with Gasteiger partial charge in [-0.1, -0.05) is 36.4 Å². The predicted molar refractivity (Wildman–Crippen MR) is 134 cm³/mol. The molecule has 0 aliphatic heterocycles. The Morgan fingerprint density at radius 2 is 1.80 bits per heavy atom. The molecule has 2 aromatic rings. The Balaban J connectivity index is 1.31. The van der Waals surface area contributed by atoms with Crippen molar-refractivity contribution in [2.24, 2.45) is 23.2 Å². The van der Waals surface area contributed by atoms with Crippen LogP contribution in [0.2, 0.25) is 0 Å². The number of imidazole rings is 1. The number of rotatable bonds is 8. The van der Waals surface area contributed by atoms with Crippen LogP contribution in [0.3, 0.4) is 0 Å². The van der Waals surface area contributed by atoms with Crippen LogP contribution < -0.4 is 0 Å². The highest BCUT2D eigenvalue weighted by atomic mass is 19.1. The Morgan fingerprint density at radius 3 is 2.43 bits per heavy atom. The number of aromatic nitrogens is 2. The molecule has 1 aromatic carbocycles. The molecule has 1 unspecified atom stereocenters. The zero-order chi connectivity index (χ0) is 23.9. The highest BCUT2D eigenvalue weighted by Crippen LogP contribution is 2.53. The molecule has 6 rings (SSSR count). The van der Waals surface area contributed by atoms with Gasteiger partial charge in [-0.3, -0.25) is 0 Å². The first-order chi connectivity index (χ1) is 17.1. The first-order valence-electron chi connectivity index (χ1n) is 13.3. The third kappa shape index (κ3) is 4.61. The van der Waals surface area contributed by atoms with Crippen LogP contribution in [0.15, 0.2) is 60.6 Å². The average Bonchev–Trinajstić information content (AvgIpc) is 3.83. The molecule has 4 nitrogen and oxygen atoms in total. The van der Waals surface area contributed by atoms with Gasteiger partial charge >= 0.3 is 0 Å². The van der Waals surface area contributed by atoms with Crippen molar-refractivity contribution in [3.8, 4) is 17.5 Å². The minimum atomic E-state index is -0.473. The molecular formula is C30H34FN3O. The second kappa shape index (κ2) is 9.06. The summed E-state index contributed by atoms with van der Waals surface area (Å²) in [4.78, 5) is 5.23. The van der Waals surface area contributed by atoms with E-state index >= 15 is 0 Å². The SMILES string of the molecule is N#CC1(C2C=CC(F)=CC2)CCC(OCC2CC2)(c2cn(CC3CC3)c(-c3ccccc3)n2)CC1. The molecule has 0 saturated heterocycles. The van der Waals surface area contributed by atoms with Crippen LogP contribution in [0.1, 0.15) is 63.5 Å². The lowest BCUT2D eigenvalue weighted by atomic mass is 9.61. The monoisotopic (exact) mass is 471 g/mol. The summed E-state index contributed by atoms with van der Waals surface area (Å²) in [5, 5.41) is 10.3. The van der Waals surface area contributed by atoms with Gasteiger partial charge in [-0.05, 0) is 87.7 Å². The quantitative estimate of drug-likeness (QED) is 0.413. The van der Waals surface area contributed by atoms with Gasteiger partial charge in [0.2, 0.25) is 0 Å². The molecule has 4 aliphatic rings. The fourth-order valence-corrected chi connectivity index (χ4v) is 5.88. The van der Waals surface area contributed by atoms with Crippen molar-refractivity contribution in [1.82, 2.24) is 9.55 Å². The van der Waals surface area contributed by atoms with Crippen molar-refractivity contribution in [3.05, 3.63) is 66.3 Å². The minimum Gasteiger partial charge on any atom is -0.368 e. The van der Waals surface area contributed by atoms with Crippen LogP contribution >= 0.6 is 0 Å². The van der Waals surface area contributed by atoms with Crippen LogP contribution in [-0.4, -0.2) is 16.2 Å². The molecule has 0 radical (unpaired) electrons. The van der Waals surface area contributed by atoms with E-state index in [1.165, 1.54) is 31.8 Å². The van der Waals surface area contributed by atoms with Crippen LogP contribution in [0.5, 0.6) is 0 Å². The summed E-state index contributed by atoms with van der Waals surface area (Å²) in [6.07, 6.45) is 16.0. The van der Waals surface area contributed by atoms with E-state index in [0.29, 0.717) is 12.3 Å². The van der Waals surface area contributed by atoms with Gasteiger partial charge in [-0.25, -0.2) is 9.37 Å². The van der Waals surface area contributed by atoms with Crippen LogP contribution in [0.25, 0.3) is 11.4 Å². The molecule has 35 heavy (non-hydrogen) atoms. The average molecular weight is 472 g/mol. The van der Waals surface area contributed by atoms with E-state index in [1.807, 2.05) is 12.1 Å². The van der Waals surface area contributed by atoms with Crippen LogP contribution in [-0.2, 0) is 16.9 Å². The van der Waals surface area contributed by atoms with Gasteiger partial charge in [0, 0.05) is 18.3 Å². The normalized spacial score (nSPS) is 30.6. The van der Waals surface area contributed by atoms with Crippen molar-refractivity contribution in [2.45, 2.75) is 69.9 Å².